The van der Waals surface area contributed by atoms with Gasteiger partial charge in [0.25, 0.3) is 0 Å². The maximum absolute atomic E-state index is 3.51. The zero-order valence-corrected chi connectivity index (χ0v) is 13.2. The van der Waals surface area contributed by atoms with Crippen LogP contribution in [0.15, 0.2) is 15.9 Å². The van der Waals surface area contributed by atoms with Gasteiger partial charge in [0.1, 0.15) is 0 Å². The topological polar surface area (TPSA) is 6.48 Å². The molecule has 90 valence electrons. The van der Waals surface area contributed by atoms with Crippen LogP contribution in [0.5, 0.6) is 0 Å². The van der Waals surface area contributed by atoms with E-state index in [0.29, 0.717) is 0 Å². The molecule has 0 N–H and O–H groups in total. The van der Waals surface area contributed by atoms with Gasteiger partial charge in [-0.2, -0.15) is 0 Å². The van der Waals surface area contributed by atoms with Crippen LogP contribution in [0.3, 0.4) is 0 Å². The molecule has 1 saturated heterocycles. The van der Waals surface area contributed by atoms with Gasteiger partial charge < -0.3 is 0 Å². The highest BCUT2D eigenvalue weighted by molar-refractivity contribution is 9.10. The van der Waals surface area contributed by atoms with Gasteiger partial charge in [-0.1, -0.05) is 15.9 Å². The highest BCUT2D eigenvalue weighted by Crippen LogP contribution is 2.21. The number of rotatable bonds is 4. The number of nitrogens with zero attached hydrogens (tertiary/aromatic N) is 2. The molecule has 0 radical (unpaired) electrons. The summed E-state index contributed by atoms with van der Waals surface area (Å²) in [5.74, 6) is 0. The third kappa shape index (κ3) is 3.81. The van der Waals surface area contributed by atoms with Crippen LogP contribution < -0.4 is 0 Å². The molecule has 0 saturated carbocycles. The fourth-order valence-electron chi connectivity index (χ4n) is 1.95. The molecule has 1 fully saturated rings. The summed E-state index contributed by atoms with van der Waals surface area (Å²) < 4.78 is 1.21. The Hall–Kier alpha value is 0.580. The molecule has 5 heteroatoms. The highest BCUT2D eigenvalue weighted by atomic mass is 79.9. The molecule has 0 aliphatic carbocycles. The minimum absolute atomic E-state index is 1.09. The van der Waals surface area contributed by atoms with Crippen LogP contribution in [-0.2, 0) is 6.54 Å². The Morgan fingerprint density at radius 2 is 1.88 bits per heavy atom. The Morgan fingerprint density at radius 1 is 1.19 bits per heavy atom. The van der Waals surface area contributed by atoms with Gasteiger partial charge in [0.05, 0.1) is 0 Å². The fourth-order valence-corrected chi connectivity index (χ4v) is 3.94. The Balaban J connectivity index is 1.77. The lowest BCUT2D eigenvalue weighted by Gasteiger charge is -2.34. The van der Waals surface area contributed by atoms with E-state index in [1.165, 1.54) is 42.1 Å². The van der Waals surface area contributed by atoms with E-state index < -0.39 is 0 Å². The van der Waals surface area contributed by atoms with Crippen molar-refractivity contribution in [2.45, 2.75) is 6.54 Å². The van der Waals surface area contributed by atoms with Crippen molar-refractivity contribution in [2.24, 2.45) is 0 Å². The molecule has 1 aliphatic rings. The van der Waals surface area contributed by atoms with Gasteiger partial charge in [-0.05, 0) is 22.0 Å². The Kier molecular flexibility index (Phi) is 5.29. The number of piperazine rings is 1. The van der Waals surface area contributed by atoms with Crippen molar-refractivity contribution < 1.29 is 0 Å². The first kappa shape index (κ1) is 13.0. The number of thiophene rings is 1. The molecule has 0 bridgehead atoms. The van der Waals surface area contributed by atoms with Crippen molar-refractivity contribution in [3.8, 4) is 0 Å². The van der Waals surface area contributed by atoms with Gasteiger partial charge in [0.15, 0.2) is 0 Å². The molecule has 0 amide bonds. The predicted octanol–water partition coefficient (Wildman–Crippen LogP) is 3.02. The van der Waals surface area contributed by atoms with E-state index in [2.05, 4.69) is 53.1 Å². The standard InChI is InChI=1S/C11H16Br2N2S/c12-1-2-14-3-5-15(6-4-14)8-11-7-10(13)9-16-11/h7,9H,1-6,8H2. The van der Waals surface area contributed by atoms with Gasteiger partial charge in [-0.15, -0.1) is 11.3 Å². The van der Waals surface area contributed by atoms with E-state index in [-0.39, 0.29) is 0 Å². The Labute approximate surface area is 118 Å². The molecule has 16 heavy (non-hydrogen) atoms. The maximum atomic E-state index is 3.51. The van der Waals surface area contributed by atoms with E-state index in [4.69, 9.17) is 0 Å². The summed E-state index contributed by atoms with van der Waals surface area (Å²) in [4.78, 5) is 6.53. The molecular weight excluding hydrogens is 352 g/mol. The van der Waals surface area contributed by atoms with Crippen molar-refractivity contribution in [1.82, 2.24) is 9.80 Å². The number of alkyl halides is 1. The van der Waals surface area contributed by atoms with E-state index in [9.17, 15) is 0 Å². The van der Waals surface area contributed by atoms with Crippen LogP contribution in [0.25, 0.3) is 0 Å². The lowest BCUT2D eigenvalue weighted by molar-refractivity contribution is 0.134. The first-order valence-electron chi connectivity index (χ1n) is 5.51. The monoisotopic (exact) mass is 366 g/mol. The highest BCUT2D eigenvalue weighted by Gasteiger charge is 2.16. The van der Waals surface area contributed by atoms with Crippen molar-refractivity contribution >= 4 is 43.2 Å². The third-order valence-electron chi connectivity index (χ3n) is 2.87. The number of hydrogen-bond acceptors (Lipinski definition) is 3. The third-order valence-corrected chi connectivity index (χ3v) is 4.90. The van der Waals surface area contributed by atoms with Crippen LogP contribution in [0.2, 0.25) is 0 Å². The van der Waals surface area contributed by atoms with Gasteiger partial charge in [0.2, 0.25) is 0 Å². The second-order valence-corrected chi connectivity index (χ2v) is 6.74. The van der Waals surface area contributed by atoms with Gasteiger partial charge >= 0.3 is 0 Å². The summed E-state index contributed by atoms with van der Waals surface area (Å²) in [7, 11) is 0. The normalized spacial score (nSPS) is 19.1. The minimum Gasteiger partial charge on any atom is -0.300 e. The summed E-state index contributed by atoms with van der Waals surface area (Å²) in [6, 6.07) is 2.23. The van der Waals surface area contributed by atoms with Crippen molar-refractivity contribution in [1.29, 1.82) is 0 Å². The molecule has 1 aromatic rings. The lowest BCUT2D eigenvalue weighted by Crippen LogP contribution is -2.46. The van der Waals surface area contributed by atoms with E-state index >= 15 is 0 Å². The molecule has 2 nitrogen and oxygen atoms in total. The molecule has 0 unspecified atom stereocenters. The molecule has 0 aromatic carbocycles. The molecule has 1 aliphatic heterocycles. The minimum atomic E-state index is 1.09. The van der Waals surface area contributed by atoms with Crippen LogP contribution in [0.1, 0.15) is 4.88 Å². The quantitative estimate of drug-likeness (QED) is 0.754. The second kappa shape index (κ2) is 6.50. The lowest BCUT2D eigenvalue weighted by atomic mass is 10.3. The summed E-state index contributed by atoms with van der Waals surface area (Å²) in [6.45, 7) is 7.10. The fraction of sp³-hybridized carbons (Fsp3) is 0.636. The number of hydrogen-bond donors (Lipinski definition) is 0. The van der Waals surface area contributed by atoms with Crippen LogP contribution in [0, 0.1) is 0 Å². The van der Waals surface area contributed by atoms with E-state index in [1.54, 1.807) is 0 Å². The van der Waals surface area contributed by atoms with Crippen LogP contribution in [-0.4, -0.2) is 47.9 Å². The van der Waals surface area contributed by atoms with E-state index in [0.717, 1.165) is 11.9 Å². The molecule has 2 heterocycles. The average molecular weight is 368 g/mol. The van der Waals surface area contributed by atoms with E-state index in [1.807, 2.05) is 11.3 Å². The Morgan fingerprint density at radius 3 is 2.44 bits per heavy atom. The first-order chi connectivity index (χ1) is 7.78. The van der Waals surface area contributed by atoms with Crippen LogP contribution in [0.4, 0.5) is 0 Å². The molecule has 0 atom stereocenters. The largest absolute Gasteiger partial charge is 0.300 e. The van der Waals surface area contributed by atoms with Crippen molar-refractivity contribution in [3.63, 3.8) is 0 Å². The summed E-state index contributed by atoms with van der Waals surface area (Å²) >= 11 is 8.85. The number of halogens is 2. The smallest absolute Gasteiger partial charge is 0.0329 e. The SMILES string of the molecule is BrCCN1CCN(Cc2cc(Br)cs2)CC1. The predicted molar refractivity (Wildman–Crippen MR) is 77.5 cm³/mol. The molecular formula is C11H16Br2N2S. The summed E-state index contributed by atoms with van der Waals surface area (Å²) in [5.41, 5.74) is 0. The Bertz CT molecular complexity index is 322. The van der Waals surface area contributed by atoms with Crippen molar-refractivity contribution in [3.05, 3.63) is 20.8 Å². The summed E-state index contributed by atoms with van der Waals surface area (Å²) in [5, 5.41) is 3.25. The molecule has 2 rings (SSSR count). The van der Waals surface area contributed by atoms with Gasteiger partial charge in [-0.3, -0.25) is 9.80 Å². The zero-order valence-electron chi connectivity index (χ0n) is 9.16. The second-order valence-electron chi connectivity index (χ2n) is 4.04. The van der Waals surface area contributed by atoms with Crippen LogP contribution >= 0.6 is 43.2 Å². The first-order valence-corrected chi connectivity index (χ1v) is 8.31. The summed E-state index contributed by atoms with van der Waals surface area (Å²) in [6.07, 6.45) is 0. The maximum Gasteiger partial charge on any atom is 0.0329 e. The molecule has 0 spiro atoms. The zero-order chi connectivity index (χ0) is 11.4. The van der Waals surface area contributed by atoms with Crippen molar-refractivity contribution in [2.75, 3.05) is 38.1 Å². The van der Waals surface area contributed by atoms with Gasteiger partial charge in [-0.25, -0.2) is 0 Å². The average Bonchev–Trinajstić information content (AvgIpc) is 2.67. The molecule has 1 aromatic heterocycles. The van der Waals surface area contributed by atoms with Gasteiger partial charge in [0, 0.05) is 59.3 Å².